The lowest BCUT2D eigenvalue weighted by Gasteiger charge is -2.32. The first-order valence-electron chi connectivity index (χ1n) is 7.23. The van der Waals surface area contributed by atoms with Crippen LogP contribution in [0.15, 0.2) is 24.3 Å². The third-order valence-electron chi connectivity index (χ3n) is 4.21. The number of nitrogens with one attached hydrogen (secondary N) is 1. The molecular weight excluding hydrogens is 309 g/mol. The predicted octanol–water partition coefficient (Wildman–Crippen LogP) is 1.88. The van der Waals surface area contributed by atoms with Gasteiger partial charge in [0.05, 0.1) is 0 Å². The van der Waals surface area contributed by atoms with Crippen LogP contribution in [0.3, 0.4) is 0 Å². The van der Waals surface area contributed by atoms with Crippen LogP contribution in [0.1, 0.15) is 16.8 Å². The summed E-state index contributed by atoms with van der Waals surface area (Å²) in [6.45, 7) is 6.00. The number of piperazine rings is 1. The van der Waals surface area contributed by atoms with Gasteiger partial charge in [0.1, 0.15) is 0 Å². The van der Waals surface area contributed by atoms with Gasteiger partial charge in [-0.15, -0.1) is 12.4 Å². The van der Waals surface area contributed by atoms with Gasteiger partial charge in [-0.05, 0) is 30.7 Å². The number of carbonyl (C=O) groups excluding carboxylic acids is 1. The lowest BCUT2D eigenvalue weighted by Crippen LogP contribution is -2.49. The van der Waals surface area contributed by atoms with Gasteiger partial charge in [-0.25, -0.2) is 0 Å². The van der Waals surface area contributed by atoms with Gasteiger partial charge < -0.3 is 10.2 Å². The SMILES string of the molecule is Cl.O=C(c1ccc(Cl)cc1)N1CCC(N2CCNCC2)C1. The number of hydrogen-bond donors (Lipinski definition) is 1. The second kappa shape index (κ2) is 7.45. The molecule has 1 aromatic carbocycles. The van der Waals surface area contributed by atoms with E-state index < -0.39 is 0 Å². The van der Waals surface area contributed by atoms with Gasteiger partial charge >= 0.3 is 0 Å². The summed E-state index contributed by atoms with van der Waals surface area (Å²) in [6.07, 6.45) is 1.08. The molecule has 1 amide bonds. The maximum absolute atomic E-state index is 12.4. The number of likely N-dealkylation sites (tertiary alicyclic amines) is 1. The fraction of sp³-hybridized carbons (Fsp3) is 0.533. The van der Waals surface area contributed by atoms with Crippen LogP contribution in [0.2, 0.25) is 5.02 Å². The number of benzene rings is 1. The average Bonchev–Trinajstić information content (AvgIpc) is 2.98. The van der Waals surface area contributed by atoms with Gasteiger partial charge in [-0.2, -0.15) is 0 Å². The third kappa shape index (κ3) is 3.89. The molecule has 0 aromatic heterocycles. The minimum absolute atomic E-state index is 0. The molecule has 0 bridgehead atoms. The Morgan fingerprint density at radius 2 is 1.81 bits per heavy atom. The summed E-state index contributed by atoms with van der Waals surface area (Å²) in [5, 5.41) is 4.04. The maximum atomic E-state index is 12.4. The Morgan fingerprint density at radius 1 is 1.14 bits per heavy atom. The summed E-state index contributed by atoms with van der Waals surface area (Å²) < 4.78 is 0. The van der Waals surface area contributed by atoms with Crippen molar-refractivity contribution >= 4 is 29.9 Å². The van der Waals surface area contributed by atoms with E-state index in [1.807, 2.05) is 17.0 Å². The third-order valence-corrected chi connectivity index (χ3v) is 4.46. The molecule has 21 heavy (non-hydrogen) atoms. The van der Waals surface area contributed by atoms with Crippen molar-refractivity contribution in [3.8, 4) is 0 Å². The lowest BCUT2D eigenvalue weighted by atomic mass is 10.2. The second-order valence-electron chi connectivity index (χ2n) is 5.49. The molecule has 1 unspecified atom stereocenters. The molecule has 2 heterocycles. The van der Waals surface area contributed by atoms with Crippen molar-refractivity contribution in [2.24, 2.45) is 0 Å². The molecule has 1 atom stereocenters. The molecular formula is C15H21Cl2N3O. The maximum Gasteiger partial charge on any atom is 0.253 e. The molecule has 116 valence electrons. The Kier molecular flexibility index (Phi) is 5.88. The van der Waals surface area contributed by atoms with Crippen molar-refractivity contribution < 1.29 is 4.79 Å². The number of halogens is 2. The summed E-state index contributed by atoms with van der Waals surface area (Å²) in [5.41, 5.74) is 0.732. The highest BCUT2D eigenvalue weighted by atomic mass is 35.5. The minimum Gasteiger partial charge on any atom is -0.337 e. The van der Waals surface area contributed by atoms with Crippen LogP contribution < -0.4 is 5.32 Å². The van der Waals surface area contributed by atoms with Crippen molar-refractivity contribution in [3.05, 3.63) is 34.9 Å². The van der Waals surface area contributed by atoms with Crippen molar-refractivity contribution in [1.82, 2.24) is 15.1 Å². The van der Waals surface area contributed by atoms with E-state index in [4.69, 9.17) is 11.6 Å². The molecule has 6 heteroatoms. The number of amides is 1. The lowest BCUT2D eigenvalue weighted by molar-refractivity contribution is 0.0773. The van der Waals surface area contributed by atoms with Gasteiger partial charge in [0.2, 0.25) is 0 Å². The van der Waals surface area contributed by atoms with Gasteiger partial charge in [0, 0.05) is 55.9 Å². The van der Waals surface area contributed by atoms with E-state index in [1.54, 1.807) is 12.1 Å². The number of carbonyl (C=O) groups is 1. The summed E-state index contributed by atoms with van der Waals surface area (Å²) >= 11 is 5.86. The van der Waals surface area contributed by atoms with Crippen LogP contribution in [0.25, 0.3) is 0 Å². The summed E-state index contributed by atoms with van der Waals surface area (Å²) in [5.74, 6) is 0.124. The molecule has 3 rings (SSSR count). The highest BCUT2D eigenvalue weighted by Gasteiger charge is 2.31. The van der Waals surface area contributed by atoms with Crippen LogP contribution >= 0.6 is 24.0 Å². The summed E-state index contributed by atoms with van der Waals surface area (Å²) in [4.78, 5) is 16.9. The Hall–Kier alpha value is -0.810. The van der Waals surface area contributed by atoms with Gasteiger partial charge in [0.15, 0.2) is 0 Å². The molecule has 2 aliphatic heterocycles. The molecule has 0 radical (unpaired) electrons. The molecule has 2 fully saturated rings. The Balaban J connectivity index is 0.00000161. The van der Waals surface area contributed by atoms with Crippen molar-refractivity contribution in [3.63, 3.8) is 0 Å². The smallest absolute Gasteiger partial charge is 0.253 e. The minimum atomic E-state index is 0. The van der Waals surface area contributed by atoms with E-state index in [9.17, 15) is 4.79 Å². The molecule has 1 N–H and O–H groups in total. The van der Waals surface area contributed by atoms with E-state index in [2.05, 4.69) is 10.2 Å². The van der Waals surface area contributed by atoms with Crippen LogP contribution in [-0.2, 0) is 0 Å². The summed E-state index contributed by atoms with van der Waals surface area (Å²) in [7, 11) is 0. The monoisotopic (exact) mass is 329 g/mol. The van der Waals surface area contributed by atoms with Crippen LogP contribution in [-0.4, -0.2) is 61.0 Å². The summed E-state index contributed by atoms with van der Waals surface area (Å²) in [6, 6.07) is 7.69. The van der Waals surface area contributed by atoms with Crippen molar-refractivity contribution in [2.45, 2.75) is 12.5 Å². The Labute approximate surface area is 136 Å². The van der Waals surface area contributed by atoms with Crippen molar-refractivity contribution in [1.29, 1.82) is 0 Å². The Morgan fingerprint density at radius 3 is 2.48 bits per heavy atom. The molecule has 2 saturated heterocycles. The number of hydrogen-bond acceptors (Lipinski definition) is 3. The highest BCUT2D eigenvalue weighted by molar-refractivity contribution is 6.30. The van der Waals surface area contributed by atoms with Crippen LogP contribution in [0.4, 0.5) is 0 Å². The zero-order chi connectivity index (χ0) is 13.9. The van der Waals surface area contributed by atoms with E-state index in [0.29, 0.717) is 11.1 Å². The highest BCUT2D eigenvalue weighted by Crippen LogP contribution is 2.19. The quantitative estimate of drug-likeness (QED) is 0.899. The zero-order valence-electron chi connectivity index (χ0n) is 11.9. The van der Waals surface area contributed by atoms with E-state index in [-0.39, 0.29) is 18.3 Å². The number of rotatable bonds is 2. The molecule has 0 saturated carbocycles. The first kappa shape index (κ1) is 16.6. The van der Waals surface area contributed by atoms with Crippen molar-refractivity contribution in [2.75, 3.05) is 39.3 Å². The van der Waals surface area contributed by atoms with E-state index in [1.165, 1.54) is 0 Å². The molecule has 2 aliphatic rings. The predicted molar refractivity (Wildman–Crippen MR) is 87.5 cm³/mol. The van der Waals surface area contributed by atoms with Crippen LogP contribution in [0.5, 0.6) is 0 Å². The second-order valence-corrected chi connectivity index (χ2v) is 5.92. The number of nitrogens with zero attached hydrogens (tertiary/aromatic N) is 2. The molecule has 0 spiro atoms. The van der Waals surface area contributed by atoms with Crippen LogP contribution in [0, 0.1) is 0 Å². The average molecular weight is 330 g/mol. The standard InChI is InChI=1S/C15H20ClN3O.ClH/c16-13-3-1-12(2-4-13)15(20)19-8-5-14(11-19)18-9-6-17-7-10-18;/h1-4,14,17H,5-11H2;1H. The van der Waals surface area contributed by atoms with Gasteiger partial charge in [-0.1, -0.05) is 11.6 Å². The molecule has 1 aromatic rings. The Bertz CT molecular complexity index is 474. The van der Waals surface area contributed by atoms with Gasteiger partial charge in [-0.3, -0.25) is 9.69 Å². The molecule has 0 aliphatic carbocycles. The fourth-order valence-electron chi connectivity index (χ4n) is 3.05. The zero-order valence-corrected chi connectivity index (χ0v) is 13.5. The molecule has 4 nitrogen and oxygen atoms in total. The normalized spacial score (nSPS) is 22.9. The first-order valence-corrected chi connectivity index (χ1v) is 7.61. The fourth-order valence-corrected chi connectivity index (χ4v) is 3.17. The largest absolute Gasteiger partial charge is 0.337 e. The first-order chi connectivity index (χ1) is 9.74. The topological polar surface area (TPSA) is 35.6 Å². The van der Waals surface area contributed by atoms with Gasteiger partial charge in [0.25, 0.3) is 5.91 Å². The van der Waals surface area contributed by atoms with E-state index in [0.717, 1.165) is 51.3 Å². The van der Waals surface area contributed by atoms with E-state index >= 15 is 0 Å².